The Kier molecular flexibility index (Phi) is 5.24. The van der Waals surface area contributed by atoms with E-state index in [-0.39, 0.29) is 6.03 Å². The van der Waals surface area contributed by atoms with Crippen molar-refractivity contribution in [1.29, 1.82) is 0 Å². The van der Waals surface area contributed by atoms with Gasteiger partial charge in [0, 0.05) is 18.1 Å². The smallest absolute Gasteiger partial charge is 0.313 e. The molecule has 4 aromatic rings. The van der Waals surface area contributed by atoms with Crippen LogP contribution in [-0.4, -0.2) is 20.9 Å². The zero-order valence-corrected chi connectivity index (χ0v) is 15.3. The second-order valence-electron chi connectivity index (χ2n) is 6.49. The Morgan fingerprint density at radius 2 is 1.36 bits per heavy atom. The molecular formula is C23H20N4O. The molecule has 0 aliphatic heterocycles. The Bertz CT molecular complexity index is 1030. The number of pyridine rings is 2. The van der Waals surface area contributed by atoms with E-state index in [1.54, 1.807) is 17.3 Å². The minimum atomic E-state index is -0.188. The van der Waals surface area contributed by atoms with Crippen molar-refractivity contribution in [3.8, 4) is 0 Å². The summed E-state index contributed by atoms with van der Waals surface area (Å²) in [6.45, 7) is 0.799. The monoisotopic (exact) mass is 368 g/mol. The van der Waals surface area contributed by atoms with Crippen molar-refractivity contribution in [2.75, 3.05) is 5.32 Å². The van der Waals surface area contributed by atoms with E-state index in [4.69, 9.17) is 0 Å². The third-order valence-electron chi connectivity index (χ3n) is 4.45. The summed E-state index contributed by atoms with van der Waals surface area (Å²) in [5.41, 5.74) is 2.41. The first kappa shape index (κ1) is 17.7. The lowest BCUT2D eigenvalue weighted by molar-refractivity contribution is 0.205. The number of benzene rings is 2. The maximum absolute atomic E-state index is 13.0. The SMILES string of the molecule is O=C(Nc1ccc2ccccc2c1)N(Cc1ccccn1)Cc1ccccn1. The molecule has 0 atom stereocenters. The summed E-state index contributed by atoms with van der Waals surface area (Å²) >= 11 is 0. The summed E-state index contributed by atoms with van der Waals surface area (Å²) in [5, 5.41) is 5.23. The van der Waals surface area contributed by atoms with E-state index in [0.29, 0.717) is 13.1 Å². The Labute approximate surface area is 163 Å². The van der Waals surface area contributed by atoms with Crippen LogP contribution in [0.5, 0.6) is 0 Å². The van der Waals surface area contributed by atoms with Crippen molar-refractivity contribution in [2.24, 2.45) is 0 Å². The molecular weight excluding hydrogens is 348 g/mol. The fraction of sp³-hybridized carbons (Fsp3) is 0.0870. The van der Waals surface area contributed by atoms with Crippen molar-refractivity contribution < 1.29 is 4.79 Å². The average molecular weight is 368 g/mol. The molecule has 0 saturated heterocycles. The number of carbonyl (C=O) groups excluding carboxylic acids is 1. The number of nitrogens with zero attached hydrogens (tertiary/aromatic N) is 3. The molecule has 0 spiro atoms. The molecule has 0 unspecified atom stereocenters. The Balaban J connectivity index is 1.55. The van der Waals surface area contributed by atoms with E-state index < -0.39 is 0 Å². The highest BCUT2D eigenvalue weighted by Crippen LogP contribution is 2.19. The van der Waals surface area contributed by atoms with Gasteiger partial charge in [-0.25, -0.2) is 4.79 Å². The number of hydrogen-bond acceptors (Lipinski definition) is 3. The van der Waals surface area contributed by atoms with Crippen molar-refractivity contribution in [1.82, 2.24) is 14.9 Å². The van der Waals surface area contributed by atoms with Crippen LogP contribution in [0.4, 0.5) is 10.5 Å². The number of aromatic nitrogens is 2. The highest BCUT2D eigenvalue weighted by atomic mass is 16.2. The topological polar surface area (TPSA) is 58.1 Å². The number of amides is 2. The van der Waals surface area contributed by atoms with Crippen LogP contribution >= 0.6 is 0 Å². The zero-order valence-electron chi connectivity index (χ0n) is 15.3. The van der Waals surface area contributed by atoms with Gasteiger partial charge in [-0.3, -0.25) is 9.97 Å². The van der Waals surface area contributed by atoms with Gasteiger partial charge < -0.3 is 10.2 Å². The zero-order chi connectivity index (χ0) is 19.2. The second kappa shape index (κ2) is 8.31. The van der Waals surface area contributed by atoms with E-state index in [0.717, 1.165) is 27.8 Å². The summed E-state index contributed by atoms with van der Waals surface area (Å²) < 4.78 is 0. The molecule has 0 radical (unpaired) electrons. The molecule has 0 aliphatic carbocycles. The molecule has 0 aliphatic rings. The van der Waals surface area contributed by atoms with Crippen LogP contribution in [0.1, 0.15) is 11.4 Å². The Morgan fingerprint density at radius 1 is 0.750 bits per heavy atom. The standard InChI is InChI=1S/C23H20N4O/c28-23(26-20-12-11-18-7-1-2-8-19(18)15-20)27(16-21-9-3-5-13-24-21)17-22-10-4-6-14-25-22/h1-15H,16-17H2,(H,26,28). The lowest BCUT2D eigenvalue weighted by Crippen LogP contribution is -2.34. The van der Waals surface area contributed by atoms with Gasteiger partial charge in [-0.1, -0.05) is 42.5 Å². The van der Waals surface area contributed by atoms with Crippen molar-refractivity contribution >= 4 is 22.5 Å². The number of nitrogens with one attached hydrogen (secondary N) is 1. The normalized spacial score (nSPS) is 10.6. The lowest BCUT2D eigenvalue weighted by atomic mass is 10.1. The van der Waals surface area contributed by atoms with Gasteiger partial charge in [0.2, 0.25) is 0 Å². The third-order valence-corrected chi connectivity index (χ3v) is 4.45. The summed E-state index contributed by atoms with van der Waals surface area (Å²) in [5.74, 6) is 0. The molecule has 5 nitrogen and oxygen atoms in total. The molecule has 0 saturated carbocycles. The molecule has 138 valence electrons. The Morgan fingerprint density at radius 3 is 1.96 bits per heavy atom. The molecule has 4 rings (SSSR count). The van der Waals surface area contributed by atoms with Gasteiger partial charge in [0.15, 0.2) is 0 Å². The van der Waals surface area contributed by atoms with E-state index in [1.807, 2.05) is 72.8 Å². The molecule has 1 N–H and O–H groups in total. The first-order valence-corrected chi connectivity index (χ1v) is 9.12. The summed E-state index contributed by atoms with van der Waals surface area (Å²) in [7, 11) is 0. The van der Waals surface area contributed by atoms with Crippen LogP contribution in [0.25, 0.3) is 10.8 Å². The molecule has 5 heteroatoms. The van der Waals surface area contributed by atoms with Crippen LogP contribution in [0.2, 0.25) is 0 Å². The van der Waals surface area contributed by atoms with Crippen molar-refractivity contribution in [3.63, 3.8) is 0 Å². The molecule has 2 amide bonds. The molecule has 0 fully saturated rings. The largest absolute Gasteiger partial charge is 0.322 e. The number of fused-ring (bicyclic) bond motifs is 1. The van der Waals surface area contributed by atoms with E-state index >= 15 is 0 Å². The maximum Gasteiger partial charge on any atom is 0.322 e. The molecule has 2 heterocycles. The summed E-state index contributed by atoms with van der Waals surface area (Å²) in [6, 6.07) is 25.2. The maximum atomic E-state index is 13.0. The molecule has 2 aromatic heterocycles. The van der Waals surface area contributed by atoms with E-state index in [2.05, 4.69) is 21.4 Å². The molecule has 2 aromatic carbocycles. The quantitative estimate of drug-likeness (QED) is 0.547. The van der Waals surface area contributed by atoms with Gasteiger partial charge in [-0.05, 0) is 47.2 Å². The van der Waals surface area contributed by atoms with E-state index in [9.17, 15) is 4.79 Å². The number of anilines is 1. The fourth-order valence-electron chi connectivity index (χ4n) is 3.04. The predicted octanol–water partition coefficient (Wildman–Crippen LogP) is 4.86. The predicted molar refractivity (Wildman–Crippen MR) is 111 cm³/mol. The minimum Gasteiger partial charge on any atom is -0.313 e. The Hall–Kier alpha value is -3.73. The van der Waals surface area contributed by atoms with Crippen LogP contribution in [0.15, 0.2) is 91.3 Å². The van der Waals surface area contributed by atoms with Gasteiger partial charge in [-0.2, -0.15) is 0 Å². The fourth-order valence-corrected chi connectivity index (χ4v) is 3.04. The van der Waals surface area contributed by atoms with Gasteiger partial charge in [-0.15, -0.1) is 0 Å². The summed E-state index contributed by atoms with van der Waals surface area (Å²) in [4.78, 5) is 23.4. The first-order valence-electron chi connectivity index (χ1n) is 9.12. The minimum absolute atomic E-state index is 0.188. The van der Waals surface area contributed by atoms with Gasteiger partial charge in [0.1, 0.15) is 0 Å². The van der Waals surface area contributed by atoms with Crippen molar-refractivity contribution in [2.45, 2.75) is 13.1 Å². The third kappa shape index (κ3) is 4.32. The van der Waals surface area contributed by atoms with Crippen LogP contribution in [0.3, 0.4) is 0 Å². The van der Waals surface area contributed by atoms with Crippen LogP contribution in [0, 0.1) is 0 Å². The van der Waals surface area contributed by atoms with Gasteiger partial charge in [0.05, 0.1) is 24.5 Å². The highest BCUT2D eigenvalue weighted by molar-refractivity contribution is 5.93. The van der Waals surface area contributed by atoms with Gasteiger partial charge in [0.25, 0.3) is 0 Å². The number of urea groups is 1. The first-order chi connectivity index (χ1) is 13.8. The number of carbonyl (C=O) groups is 1. The van der Waals surface area contributed by atoms with Crippen LogP contribution < -0.4 is 5.32 Å². The van der Waals surface area contributed by atoms with Crippen LogP contribution in [-0.2, 0) is 13.1 Å². The van der Waals surface area contributed by atoms with E-state index in [1.165, 1.54) is 0 Å². The number of rotatable bonds is 5. The highest BCUT2D eigenvalue weighted by Gasteiger charge is 2.16. The molecule has 28 heavy (non-hydrogen) atoms. The molecule has 0 bridgehead atoms. The number of hydrogen-bond donors (Lipinski definition) is 1. The van der Waals surface area contributed by atoms with Crippen molar-refractivity contribution in [3.05, 3.63) is 103 Å². The second-order valence-corrected chi connectivity index (χ2v) is 6.49. The lowest BCUT2D eigenvalue weighted by Gasteiger charge is -2.22. The summed E-state index contributed by atoms with van der Waals surface area (Å²) in [6.07, 6.45) is 3.46. The average Bonchev–Trinajstić information content (AvgIpc) is 2.75. The van der Waals surface area contributed by atoms with Gasteiger partial charge >= 0.3 is 6.03 Å².